The summed E-state index contributed by atoms with van der Waals surface area (Å²) in [6.45, 7) is 6.38. The minimum atomic E-state index is -0.940. The van der Waals surface area contributed by atoms with E-state index in [2.05, 4.69) is 57.2 Å². The highest BCUT2D eigenvalue weighted by atomic mass is 32.2. The molecule has 1 aliphatic rings. The van der Waals surface area contributed by atoms with Gasteiger partial charge in [0.15, 0.2) is 0 Å². The van der Waals surface area contributed by atoms with Crippen molar-refractivity contribution in [2.75, 3.05) is 5.75 Å². The number of aryl methyl sites for hydroxylation is 1. The maximum atomic E-state index is 13.2. The van der Waals surface area contributed by atoms with E-state index in [0.717, 1.165) is 6.42 Å². The average Bonchev–Trinajstić information content (AvgIpc) is 2.54. The molecule has 0 saturated carbocycles. The Hall–Kier alpha value is -1.32. The smallest absolute Gasteiger partial charge is 0.124 e. The molecule has 0 radical (unpaired) electrons. The van der Waals surface area contributed by atoms with E-state index in [1.54, 1.807) is 11.8 Å². The van der Waals surface area contributed by atoms with E-state index in [1.807, 2.05) is 18.2 Å². The van der Waals surface area contributed by atoms with Crippen LogP contribution in [0.3, 0.4) is 0 Å². The third-order valence-corrected chi connectivity index (χ3v) is 8.30. The summed E-state index contributed by atoms with van der Waals surface area (Å²) in [7, 11) is -0.940. The van der Waals surface area contributed by atoms with E-state index in [0.29, 0.717) is 5.75 Å². The molecule has 2 atom stereocenters. The van der Waals surface area contributed by atoms with E-state index < -0.39 is 14.9 Å². The van der Waals surface area contributed by atoms with Gasteiger partial charge in [-0.1, -0.05) is 59.2 Å². The van der Waals surface area contributed by atoms with Crippen molar-refractivity contribution in [2.24, 2.45) is 0 Å². The second-order valence-corrected chi connectivity index (χ2v) is 9.57. The van der Waals surface area contributed by atoms with Crippen molar-refractivity contribution in [1.29, 1.82) is 0 Å². The SMILES string of the molecule is CC1=C(C)C[C@@](Sc2ccccc2)(c2ccc(C)cc2)[S@](=O)C1. The Morgan fingerprint density at radius 3 is 2.22 bits per heavy atom. The largest absolute Gasteiger partial charge is 0.257 e. The second kappa shape index (κ2) is 6.66. The molecule has 0 bridgehead atoms. The van der Waals surface area contributed by atoms with E-state index in [9.17, 15) is 4.21 Å². The van der Waals surface area contributed by atoms with Crippen LogP contribution < -0.4 is 0 Å². The Labute approximate surface area is 145 Å². The van der Waals surface area contributed by atoms with Crippen LogP contribution in [0.1, 0.15) is 31.4 Å². The molecule has 3 heteroatoms. The first kappa shape index (κ1) is 16.5. The fraction of sp³-hybridized carbons (Fsp3) is 0.300. The van der Waals surface area contributed by atoms with E-state index >= 15 is 0 Å². The number of hydrogen-bond acceptors (Lipinski definition) is 2. The molecule has 23 heavy (non-hydrogen) atoms. The molecule has 0 saturated heterocycles. The molecule has 0 amide bonds. The molecule has 3 rings (SSSR count). The lowest BCUT2D eigenvalue weighted by molar-refractivity contribution is 0.657. The van der Waals surface area contributed by atoms with Crippen LogP contribution >= 0.6 is 11.8 Å². The van der Waals surface area contributed by atoms with Gasteiger partial charge in [0, 0.05) is 21.4 Å². The number of hydrogen-bond donors (Lipinski definition) is 0. The molecule has 1 aliphatic heterocycles. The summed E-state index contributed by atoms with van der Waals surface area (Å²) >= 11 is 1.75. The highest BCUT2D eigenvalue weighted by Crippen LogP contribution is 2.51. The fourth-order valence-electron chi connectivity index (χ4n) is 2.88. The Kier molecular flexibility index (Phi) is 4.79. The van der Waals surface area contributed by atoms with Gasteiger partial charge in [-0.25, -0.2) is 0 Å². The summed E-state index contributed by atoms with van der Waals surface area (Å²) < 4.78 is 12.8. The summed E-state index contributed by atoms with van der Waals surface area (Å²) in [5.41, 5.74) is 5.05. The summed E-state index contributed by atoms with van der Waals surface area (Å²) in [4.78, 5) is 1.17. The van der Waals surface area contributed by atoms with Gasteiger partial charge in [-0.05, 0) is 44.9 Å². The first-order valence-electron chi connectivity index (χ1n) is 7.86. The number of thioether (sulfide) groups is 1. The van der Waals surface area contributed by atoms with Crippen molar-refractivity contribution in [3.05, 3.63) is 76.9 Å². The van der Waals surface area contributed by atoms with Crippen molar-refractivity contribution < 1.29 is 4.21 Å². The Bertz CT molecular complexity index is 747. The van der Waals surface area contributed by atoms with E-state index in [4.69, 9.17) is 0 Å². The number of rotatable bonds is 3. The quantitative estimate of drug-likeness (QED) is 0.692. The first-order valence-corrected chi connectivity index (χ1v) is 10.00. The summed E-state index contributed by atoms with van der Waals surface area (Å²) in [5, 5.41) is 0. The average molecular weight is 343 g/mol. The monoisotopic (exact) mass is 342 g/mol. The van der Waals surface area contributed by atoms with Gasteiger partial charge in [0.25, 0.3) is 0 Å². The Balaban J connectivity index is 2.10. The molecule has 120 valence electrons. The van der Waals surface area contributed by atoms with Crippen molar-refractivity contribution in [3.63, 3.8) is 0 Å². The predicted molar refractivity (Wildman–Crippen MR) is 101 cm³/mol. The molecule has 0 aromatic heterocycles. The normalized spacial score (nSPS) is 24.7. The zero-order chi connectivity index (χ0) is 16.4. The highest BCUT2D eigenvalue weighted by Gasteiger charge is 2.42. The third kappa shape index (κ3) is 3.31. The van der Waals surface area contributed by atoms with Crippen LogP contribution in [0.2, 0.25) is 0 Å². The maximum Gasteiger partial charge on any atom is 0.124 e. The van der Waals surface area contributed by atoms with Crippen molar-refractivity contribution in [2.45, 2.75) is 36.2 Å². The van der Waals surface area contributed by atoms with Gasteiger partial charge in [0.05, 0.1) is 0 Å². The topological polar surface area (TPSA) is 17.1 Å². The molecule has 1 nitrogen and oxygen atoms in total. The fourth-order valence-corrected chi connectivity index (χ4v) is 6.58. The highest BCUT2D eigenvalue weighted by molar-refractivity contribution is 8.12. The van der Waals surface area contributed by atoms with Gasteiger partial charge in [-0.15, -0.1) is 11.8 Å². The Morgan fingerprint density at radius 1 is 0.913 bits per heavy atom. The molecular weight excluding hydrogens is 320 g/mol. The zero-order valence-electron chi connectivity index (χ0n) is 13.8. The minimum absolute atomic E-state index is 0.390. The molecule has 2 aromatic rings. The van der Waals surface area contributed by atoms with Gasteiger partial charge < -0.3 is 0 Å². The zero-order valence-corrected chi connectivity index (χ0v) is 15.5. The number of benzene rings is 2. The predicted octanol–water partition coefficient (Wildman–Crippen LogP) is 5.43. The van der Waals surface area contributed by atoms with Crippen molar-refractivity contribution in [1.82, 2.24) is 0 Å². The summed E-state index contributed by atoms with van der Waals surface area (Å²) in [5.74, 6) is 0.666. The van der Waals surface area contributed by atoms with E-state index in [1.165, 1.54) is 27.2 Å². The van der Waals surface area contributed by atoms with Crippen LogP contribution in [0.15, 0.2) is 70.6 Å². The molecule has 0 aliphatic carbocycles. The molecule has 1 heterocycles. The maximum absolute atomic E-state index is 13.2. The molecule has 0 unspecified atom stereocenters. The molecule has 0 spiro atoms. The van der Waals surface area contributed by atoms with Gasteiger partial charge >= 0.3 is 0 Å². The lowest BCUT2D eigenvalue weighted by Gasteiger charge is -2.37. The van der Waals surface area contributed by atoms with Crippen molar-refractivity contribution in [3.8, 4) is 0 Å². The summed E-state index contributed by atoms with van der Waals surface area (Å²) in [6.07, 6.45) is 0.841. The Morgan fingerprint density at radius 2 is 1.57 bits per heavy atom. The van der Waals surface area contributed by atoms with Gasteiger partial charge in [0.2, 0.25) is 0 Å². The van der Waals surface area contributed by atoms with Crippen LogP contribution in [0.4, 0.5) is 0 Å². The van der Waals surface area contributed by atoms with Gasteiger partial charge in [-0.3, -0.25) is 4.21 Å². The lowest BCUT2D eigenvalue weighted by atomic mass is 10.00. The van der Waals surface area contributed by atoms with Crippen LogP contribution in [0.5, 0.6) is 0 Å². The van der Waals surface area contributed by atoms with Crippen LogP contribution in [0.25, 0.3) is 0 Å². The molecule has 0 fully saturated rings. The van der Waals surface area contributed by atoms with E-state index in [-0.39, 0.29) is 0 Å². The molecule has 2 aromatic carbocycles. The van der Waals surface area contributed by atoms with Gasteiger partial charge in [0.1, 0.15) is 4.08 Å². The van der Waals surface area contributed by atoms with Crippen LogP contribution in [-0.2, 0) is 14.9 Å². The van der Waals surface area contributed by atoms with Crippen molar-refractivity contribution >= 4 is 22.6 Å². The summed E-state index contributed by atoms with van der Waals surface area (Å²) in [6, 6.07) is 18.9. The second-order valence-electron chi connectivity index (χ2n) is 6.26. The molecule has 0 N–H and O–H groups in total. The minimum Gasteiger partial charge on any atom is -0.257 e. The first-order chi connectivity index (χ1) is 11.0. The lowest BCUT2D eigenvalue weighted by Crippen LogP contribution is -2.34. The number of allylic oxidation sites excluding steroid dienone is 1. The van der Waals surface area contributed by atoms with Crippen LogP contribution in [-0.4, -0.2) is 9.96 Å². The molecular formula is C20H22OS2. The third-order valence-electron chi connectivity index (χ3n) is 4.46. The standard InChI is InChI=1S/C20H22OS2/c1-15-9-11-18(12-10-15)20(22-19-7-5-4-6-8-19)13-16(2)17(3)14-23(20)21/h4-12H,13-14H2,1-3H3/t20-,23+/m0/s1. The van der Waals surface area contributed by atoms with Gasteiger partial charge in [-0.2, -0.15) is 0 Å². The van der Waals surface area contributed by atoms with Crippen LogP contribution in [0, 0.1) is 6.92 Å².